The van der Waals surface area contributed by atoms with Crippen molar-refractivity contribution in [1.82, 2.24) is 0 Å². The van der Waals surface area contributed by atoms with E-state index in [-0.39, 0.29) is 11.5 Å². The van der Waals surface area contributed by atoms with Crippen molar-refractivity contribution in [3.05, 3.63) is 34.9 Å². The summed E-state index contributed by atoms with van der Waals surface area (Å²) in [5, 5.41) is 10.1. The van der Waals surface area contributed by atoms with Gasteiger partial charge in [0.25, 0.3) is 0 Å². The number of hydrogen-bond acceptors (Lipinski definition) is 2. The van der Waals surface area contributed by atoms with Crippen molar-refractivity contribution in [2.45, 2.75) is 46.6 Å². The minimum absolute atomic E-state index is 0.131. The third kappa shape index (κ3) is 3.01. The number of rotatable bonds is 2. The standard InChI is InChI=1S/C17H24O2/c1-11-6-12(2)16(15(7-11)19-5)13-8-14(18)10-17(3,4)9-13/h6-8,14,18H,9-10H2,1-5H3. The van der Waals surface area contributed by atoms with Crippen molar-refractivity contribution < 1.29 is 9.84 Å². The van der Waals surface area contributed by atoms with Crippen LogP contribution >= 0.6 is 0 Å². The molecule has 0 saturated heterocycles. The average Bonchev–Trinajstić information content (AvgIpc) is 2.24. The Morgan fingerprint density at radius 2 is 1.95 bits per heavy atom. The number of hydrogen-bond donors (Lipinski definition) is 1. The molecule has 1 aliphatic rings. The third-order valence-corrected chi connectivity index (χ3v) is 3.81. The van der Waals surface area contributed by atoms with Crippen LogP contribution in [0.25, 0.3) is 5.57 Å². The van der Waals surface area contributed by atoms with Crippen LogP contribution in [-0.4, -0.2) is 18.3 Å². The molecular weight excluding hydrogens is 236 g/mol. The Labute approximate surface area is 116 Å². The monoisotopic (exact) mass is 260 g/mol. The highest BCUT2D eigenvalue weighted by Crippen LogP contribution is 2.43. The molecule has 1 aliphatic carbocycles. The molecule has 19 heavy (non-hydrogen) atoms. The minimum atomic E-state index is -0.357. The van der Waals surface area contributed by atoms with Crippen molar-refractivity contribution in [3.63, 3.8) is 0 Å². The minimum Gasteiger partial charge on any atom is -0.496 e. The molecule has 0 spiro atoms. The first-order valence-corrected chi connectivity index (χ1v) is 6.87. The van der Waals surface area contributed by atoms with E-state index in [1.165, 1.54) is 16.7 Å². The van der Waals surface area contributed by atoms with Crippen LogP contribution in [0.5, 0.6) is 5.75 Å². The van der Waals surface area contributed by atoms with Gasteiger partial charge in [-0.05, 0) is 54.9 Å². The molecule has 2 heteroatoms. The van der Waals surface area contributed by atoms with Crippen molar-refractivity contribution >= 4 is 5.57 Å². The van der Waals surface area contributed by atoms with Crippen LogP contribution in [0.15, 0.2) is 18.2 Å². The van der Waals surface area contributed by atoms with Crippen LogP contribution in [0.2, 0.25) is 0 Å². The molecule has 0 aliphatic heterocycles. The molecule has 0 heterocycles. The topological polar surface area (TPSA) is 29.5 Å². The molecule has 0 fully saturated rings. The van der Waals surface area contributed by atoms with Gasteiger partial charge >= 0.3 is 0 Å². The fourth-order valence-electron chi connectivity index (χ4n) is 3.18. The predicted octanol–water partition coefficient (Wildman–Crippen LogP) is 3.88. The Kier molecular flexibility index (Phi) is 3.73. The maximum Gasteiger partial charge on any atom is 0.126 e. The Hall–Kier alpha value is -1.28. The maximum absolute atomic E-state index is 10.1. The number of aryl methyl sites for hydroxylation is 2. The van der Waals surface area contributed by atoms with Crippen LogP contribution < -0.4 is 4.74 Å². The first-order valence-electron chi connectivity index (χ1n) is 6.87. The second kappa shape index (κ2) is 5.01. The van der Waals surface area contributed by atoms with Crippen LogP contribution in [0.4, 0.5) is 0 Å². The van der Waals surface area contributed by atoms with Gasteiger partial charge in [-0.25, -0.2) is 0 Å². The van der Waals surface area contributed by atoms with Crippen molar-refractivity contribution in [2.75, 3.05) is 7.11 Å². The van der Waals surface area contributed by atoms with Gasteiger partial charge in [0.05, 0.1) is 13.2 Å². The summed E-state index contributed by atoms with van der Waals surface area (Å²) in [6.45, 7) is 8.60. The van der Waals surface area contributed by atoms with E-state index in [2.05, 4.69) is 39.8 Å². The zero-order chi connectivity index (χ0) is 14.2. The van der Waals surface area contributed by atoms with Gasteiger partial charge in [-0.15, -0.1) is 0 Å². The third-order valence-electron chi connectivity index (χ3n) is 3.81. The fourth-order valence-corrected chi connectivity index (χ4v) is 3.18. The molecule has 1 unspecified atom stereocenters. The van der Waals surface area contributed by atoms with Gasteiger partial charge < -0.3 is 9.84 Å². The lowest BCUT2D eigenvalue weighted by Gasteiger charge is -2.33. The van der Waals surface area contributed by atoms with E-state index >= 15 is 0 Å². The van der Waals surface area contributed by atoms with E-state index in [1.54, 1.807) is 7.11 Å². The number of allylic oxidation sites excluding steroid dienone is 1. The van der Waals surface area contributed by atoms with Crippen LogP contribution in [-0.2, 0) is 0 Å². The summed E-state index contributed by atoms with van der Waals surface area (Å²) >= 11 is 0. The second-order valence-corrected chi connectivity index (χ2v) is 6.46. The molecular formula is C17H24O2. The lowest BCUT2D eigenvalue weighted by molar-refractivity contribution is 0.146. The number of methoxy groups -OCH3 is 1. The average molecular weight is 260 g/mol. The summed E-state index contributed by atoms with van der Waals surface area (Å²) in [6.07, 6.45) is 3.43. The van der Waals surface area contributed by atoms with Crippen molar-refractivity contribution in [2.24, 2.45) is 5.41 Å². The van der Waals surface area contributed by atoms with Gasteiger partial charge in [0.1, 0.15) is 5.75 Å². The highest BCUT2D eigenvalue weighted by atomic mass is 16.5. The molecule has 1 aromatic rings. The highest BCUT2D eigenvalue weighted by molar-refractivity contribution is 5.75. The zero-order valence-corrected chi connectivity index (χ0v) is 12.6. The molecule has 104 valence electrons. The highest BCUT2D eigenvalue weighted by Gasteiger charge is 2.29. The number of aliphatic hydroxyl groups excluding tert-OH is 1. The molecule has 0 amide bonds. The van der Waals surface area contributed by atoms with Crippen LogP contribution in [0.1, 0.15) is 43.4 Å². The molecule has 1 N–H and O–H groups in total. The van der Waals surface area contributed by atoms with E-state index in [1.807, 2.05) is 6.08 Å². The van der Waals surface area contributed by atoms with Gasteiger partial charge in [-0.2, -0.15) is 0 Å². The normalized spacial score (nSPS) is 22.0. The lowest BCUT2D eigenvalue weighted by atomic mass is 9.74. The Morgan fingerprint density at radius 3 is 2.53 bits per heavy atom. The quantitative estimate of drug-likeness (QED) is 0.874. The van der Waals surface area contributed by atoms with E-state index in [0.717, 1.165) is 24.2 Å². The largest absolute Gasteiger partial charge is 0.496 e. The fraction of sp³-hybridized carbons (Fsp3) is 0.529. The summed E-state index contributed by atoms with van der Waals surface area (Å²) in [5.74, 6) is 0.911. The number of benzene rings is 1. The summed E-state index contributed by atoms with van der Waals surface area (Å²) in [4.78, 5) is 0. The SMILES string of the molecule is COc1cc(C)cc(C)c1C1=CC(O)CC(C)(C)C1. The second-order valence-electron chi connectivity index (χ2n) is 6.46. The molecule has 2 rings (SSSR count). The Morgan fingerprint density at radius 1 is 1.26 bits per heavy atom. The first-order chi connectivity index (χ1) is 8.82. The maximum atomic E-state index is 10.1. The van der Waals surface area contributed by atoms with Crippen molar-refractivity contribution in [1.29, 1.82) is 0 Å². The van der Waals surface area contributed by atoms with E-state index in [4.69, 9.17) is 4.74 Å². The summed E-state index contributed by atoms with van der Waals surface area (Å²) in [5.41, 5.74) is 4.91. The van der Waals surface area contributed by atoms with Crippen molar-refractivity contribution in [3.8, 4) is 5.75 Å². The summed E-state index contributed by atoms with van der Waals surface area (Å²) in [7, 11) is 1.71. The summed E-state index contributed by atoms with van der Waals surface area (Å²) < 4.78 is 5.54. The van der Waals surface area contributed by atoms with Crippen LogP contribution in [0.3, 0.4) is 0 Å². The van der Waals surface area contributed by atoms with E-state index < -0.39 is 0 Å². The molecule has 0 aromatic heterocycles. The molecule has 1 atom stereocenters. The summed E-state index contributed by atoms with van der Waals surface area (Å²) in [6, 6.07) is 4.24. The Bertz CT molecular complexity index is 512. The van der Waals surface area contributed by atoms with Gasteiger partial charge in [0.2, 0.25) is 0 Å². The molecule has 1 aromatic carbocycles. The van der Waals surface area contributed by atoms with Gasteiger partial charge in [0, 0.05) is 5.56 Å². The number of aliphatic hydroxyl groups is 1. The molecule has 0 bridgehead atoms. The van der Waals surface area contributed by atoms with Gasteiger partial charge in [-0.1, -0.05) is 26.0 Å². The molecule has 0 radical (unpaired) electrons. The van der Waals surface area contributed by atoms with Gasteiger partial charge in [-0.3, -0.25) is 0 Å². The molecule has 2 nitrogen and oxygen atoms in total. The first kappa shape index (κ1) is 14.1. The molecule has 0 saturated carbocycles. The predicted molar refractivity (Wildman–Crippen MR) is 79.5 cm³/mol. The smallest absolute Gasteiger partial charge is 0.126 e. The Balaban J connectivity index is 2.53. The lowest BCUT2D eigenvalue weighted by Crippen LogP contribution is -2.24. The van der Waals surface area contributed by atoms with E-state index in [9.17, 15) is 5.11 Å². The van der Waals surface area contributed by atoms with E-state index in [0.29, 0.717) is 0 Å². The van der Waals surface area contributed by atoms with Crippen LogP contribution in [0, 0.1) is 19.3 Å². The number of ether oxygens (including phenoxy) is 1. The zero-order valence-electron chi connectivity index (χ0n) is 12.6. The van der Waals surface area contributed by atoms with Gasteiger partial charge in [0.15, 0.2) is 0 Å².